The predicted octanol–water partition coefficient (Wildman–Crippen LogP) is 1.95. The number of hydrogen-bond donors (Lipinski definition) is 0. The second-order valence-corrected chi connectivity index (χ2v) is 3.89. The van der Waals surface area contributed by atoms with Gasteiger partial charge in [-0.25, -0.2) is 0 Å². The smallest absolute Gasteiger partial charge is 0.222 e. The molecule has 0 saturated heterocycles. The number of nitro groups is 1. The van der Waals surface area contributed by atoms with E-state index in [2.05, 4.69) is 0 Å². The summed E-state index contributed by atoms with van der Waals surface area (Å²) in [7, 11) is 0. The van der Waals surface area contributed by atoms with Gasteiger partial charge in [-0.3, -0.25) is 10.1 Å². The third-order valence-electron chi connectivity index (χ3n) is 2.86. The van der Waals surface area contributed by atoms with Gasteiger partial charge in [-0.1, -0.05) is 0 Å². The van der Waals surface area contributed by atoms with Gasteiger partial charge in [0.1, 0.15) is 5.78 Å². The average molecular weight is 185 g/mol. The maximum absolute atomic E-state index is 10.8. The molecule has 4 nitrogen and oxygen atoms in total. The van der Waals surface area contributed by atoms with E-state index in [-0.39, 0.29) is 10.7 Å². The van der Waals surface area contributed by atoms with Crippen LogP contribution in [0.25, 0.3) is 0 Å². The molecule has 4 heteroatoms. The minimum atomic E-state index is -0.772. The van der Waals surface area contributed by atoms with Gasteiger partial charge in [-0.2, -0.15) is 0 Å². The van der Waals surface area contributed by atoms with E-state index in [1.807, 2.05) is 0 Å². The van der Waals surface area contributed by atoms with Gasteiger partial charge < -0.3 is 4.79 Å². The molecule has 1 aliphatic carbocycles. The Morgan fingerprint density at radius 3 is 2.38 bits per heavy atom. The quantitative estimate of drug-likeness (QED) is 0.496. The van der Waals surface area contributed by atoms with Crippen LogP contribution in [0.1, 0.15) is 45.4 Å². The molecule has 13 heavy (non-hydrogen) atoms. The lowest BCUT2D eigenvalue weighted by Crippen LogP contribution is -2.35. The van der Waals surface area contributed by atoms with Gasteiger partial charge in [0.15, 0.2) is 0 Å². The molecule has 0 radical (unpaired) electrons. The highest BCUT2D eigenvalue weighted by atomic mass is 16.6. The first-order valence-electron chi connectivity index (χ1n) is 4.71. The topological polar surface area (TPSA) is 60.2 Å². The molecule has 0 aromatic heterocycles. The number of nitrogens with zero attached hydrogens (tertiary/aromatic N) is 1. The molecule has 0 aromatic rings. The summed E-state index contributed by atoms with van der Waals surface area (Å²) in [4.78, 5) is 21.4. The Hall–Kier alpha value is -0.930. The van der Waals surface area contributed by atoms with Crippen LogP contribution in [-0.2, 0) is 4.79 Å². The van der Waals surface area contributed by atoms with Crippen molar-refractivity contribution in [1.29, 1.82) is 0 Å². The Kier molecular flexibility index (Phi) is 3.01. The van der Waals surface area contributed by atoms with Crippen LogP contribution in [0.3, 0.4) is 0 Å². The van der Waals surface area contributed by atoms with E-state index >= 15 is 0 Å². The molecule has 0 atom stereocenters. The van der Waals surface area contributed by atoms with Crippen molar-refractivity contribution in [2.75, 3.05) is 0 Å². The lowest BCUT2D eigenvalue weighted by Gasteiger charge is -2.18. The first-order chi connectivity index (χ1) is 6.07. The zero-order valence-electron chi connectivity index (χ0n) is 7.91. The number of rotatable bonds is 4. The van der Waals surface area contributed by atoms with Crippen molar-refractivity contribution in [3.05, 3.63) is 10.1 Å². The summed E-state index contributed by atoms with van der Waals surface area (Å²) < 4.78 is 0. The van der Waals surface area contributed by atoms with Crippen LogP contribution in [0.15, 0.2) is 0 Å². The average Bonchev–Trinajstić information content (AvgIpc) is 2.50. The lowest BCUT2D eigenvalue weighted by molar-refractivity contribution is -0.569. The summed E-state index contributed by atoms with van der Waals surface area (Å²) in [6, 6.07) is 0. The molecule has 0 heterocycles. The molecule has 0 spiro atoms. The van der Waals surface area contributed by atoms with Gasteiger partial charge in [0.05, 0.1) is 0 Å². The van der Waals surface area contributed by atoms with Crippen molar-refractivity contribution < 1.29 is 9.72 Å². The number of hydrogen-bond acceptors (Lipinski definition) is 3. The fourth-order valence-corrected chi connectivity index (χ4v) is 1.97. The van der Waals surface area contributed by atoms with Crippen LogP contribution in [0.4, 0.5) is 0 Å². The maximum atomic E-state index is 10.8. The van der Waals surface area contributed by atoms with Crippen LogP contribution in [0.2, 0.25) is 0 Å². The summed E-state index contributed by atoms with van der Waals surface area (Å²) in [6.07, 6.45) is 3.93. The van der Waals surface area contributed by atoms with E-state index < -0.39 is 5.54 Å². The monoisotopic (exact) mass is 185 g/mol. The van der Waals surface area contributed by atoms with Gasteiger partial charge >= 0.3 is 0 Å². The first-order valence-corrected chi connectivity index (χ1v) is 4.71. The first kappa shape index (κ1) is 10.2. The number of Topliss-reactive ketones (excluding diaryl/α,β-unsaturated/α-hetero) is 1. The maximum Gasteiger partial charge on any atom is 0.222 e. The van der Waals surface area contributed by atoms with Crippen molar-refractivity contribution in [3.63, 3.8) is 0 Å². The van der Waals surface area contributed by atoms with Crippen molar-refractivity contribution in [2.45, 2.75) is 51.0 Å². The highest BCUT2D eigenvalue weighted by Crippen LogP contribution is 2.36. The van der Waals surface area contributed by atoms with Gasteiger partial charge in [-0.15, -0.1) is 0 Å². The summed E-state index contributed by atoms with van der Waals surface area (Å²) in [5.74, 6) is 0.0492. The summed E-state index contributed by atoms with van der Waals surface area (Å²) in [5.41, 5.74) is -0.772. The van der Waals surface area contributed by atoms with Crippen LogP contribution < -0.4 is 0 Å². The minimum absolute atomic E-state index is 0.0492. The molecule has 1 aliphatic rings. The van der Waals surface area contributed by atoms with Crippen molar-refractivity contribution in [3.8, 4) is 0 Å². The number of carbonyl (C=O) groups is 1. The lowest BCUT2D eigenvalue weighted by atomic mass is 9.91. The van der Waals surface area contributed by atoms with Crippen LogP contribution in [0, 0.1) is 10.1 Å². The molecule has 1 rings (SSSR count). The van der Waals surface area contributed by atoms with E-state index in [0.29, 0.717) is 25.7 Å². The molecule has 74 valence electrons. The fraction of sp³-hybridized carbons (Fsp3) is 0.889. The molecule has 0 amide bonds. The van der Waals surface area contributed by atoms with E-state index in [0.717, 1.165) is 12.8 Å². The molecular formula is C9H15NO3. The van der Waals surface area contributed by atoms with Crippen LogP contribution in [-0.4, -0.2) is 16.2 Å². The zero-order chi connectivity index (χ0) is 9.90. The minimum Gasteiger partial charge on any atom is -0.300 e. The molecular weight excluding hydrogens is 170 g/mol. The van der Waals surface area contributed by atoms with Crippen LogP contribution >= 0.6 is 0 Å². The van der Waals surface area contributed by atoms with Crippen LogP contribution in [0.5, 0.6) is 0 Å². The molecule has 1 saturated carbocycles. The second kappa shape index (κ2) is 3.85. The van der Waals surface area contributed by atoms with E-state index in [4.69, 9.17) is 0 Å². The van der Waals surface area contributed by atoms with E-state index in [1.165, 1.54) is 6.92 Å². The van der Waals surface area contributed by atoms with E-state index in [1.54, 1.807) is 0 Å². The Balaban J connectivity index is 2.57. The van der Waals surface area contributed by atoms with Gasteiger partial charge in [-0.05, 0) is 19.8 Å². The fourth-order valence-electron chi connectivity index (χ4n) is 1.97. The predicted molar refractivity (Wildman–Crippen MR) is 48.1 cm³/mol. The van der Waals surface area contributed by atoms with E-state index in [9.17, 15) is 14.9 Å². The molecule has 0 unspecified atom stereocenters. The summed E-state index contributed by atoms with van der Waals surface area (Å²) >= 11 is 0. The Morgan fingerprint density at radius 1 is 1.46 bits per heavy atom. The highest BCUT2D eigenvalue weighted by Gasteiger charge is 2.44. The van der Waals surface area contributed by atoms with Gasteiger partial charge in [0.2, 0.25) is 5.54 Å². The molecule has 0 aliphatic heterocycles. The molecule has 0 bridgehead atoms. The van der Waals surface area contributed by atoms with Gasteiger partial charge in [0, 0.05) is 30.6 Å². The summed E-state index contributed by atoms with van der Waals surface area (Å²) in [6.45, 7) is 1.49. The Labute approximate surface area is 77.5 Å². The normalized spacial score (nSPS) is 20.1. The van der Waals surface area contributed by atoms with Crippen molar-refractivity contribution in [1.82, 2.24) is 0 Å². The highest BCUT2D eigenvalue weighted by molar-refractivity contribution is 5.75. The van der Waals surface area contributed by atoms with Crippen molar-refractivity contribution in [2.24, 2.45) is 0 Å². The standard InChI is InChI=1S/C9H15NO3/c1-8(11)4-7-9(10(12)13)5-2-3-6-9/h2-7H2,1H3. The Bertz CT molecular complexity index is 219. The summed E-state index contributed by atoms with van der Waals surface area (Å²) in [5, 5.41) is 10.8. The van der Waals surface area contributed by atoms with Crippen molar-refractivity contribution >= 4 is 5.78 Å². The SMILES string of the molecule is CC(=O)CCC1([N+](=O)[O-])CCCC1. The molecule has 0 aromatic carbocycles. The zero-order valence-corrected chi connectivity index (χ0v) is 7.91. The Morgan fingerprint density at radius 2 is 2.00 bits per heavy atom. The molecule has 1 fully saturated rings. The van der Waals surface area contributed by atoms with Gasteiger partial charge in [0.25, 0.3) is 0 Å². The second-order valence-electron chi connectivity index (χ2n) is 3.89. The third kappa shape index (κ3) is 2.26. The third-order valence-corrected chi connectivity index (χ3v) is 2.86. The number of carbonyl (C=O) groups excluding carboxylic acids is 1. The molecule has 0 N–H and O–H groups in total. The number of ketones is 1. The largest absolute Gasteiger partial charge is 0.300 e.